The summed E-state index contributed by atoms with van der Waals surface area (Å²) in [5.74, 6) is -0.780. The zero-order chi connectivity index (χ0) is 21.7. The molecule has 1 amide bonds. The van der Waals surface area contributed by atoms with Crippen LogP contribution < -0.4 is 5.32 Å². The van der Waals surface area contributed by atoms with Gasteiger partial charge in [-0.05, 0) is 40.1 Å². The number of carbonyl (C=O) groups is 1. The van der Waals surface area contributed by atoms with Crippen molar-refractivity contribution in [3.8, 4) is 0 Å². The van der Waals surface area contributed by atoms with Gasteiger partial charge in [-0.3, -0.25) is 24.4 Å². The molecule has 0 radical (unpaired) electrons. The lowest BCUT2D eigenvalue weighted by Crippen LogP contribution is -2.41. The summed E-state index contributed by atoms with van der Waals surface area (Å²) in [6.07, 6.45) is -0.474. The molecule has 9 nitrogen and oxygen atoms in total. The van der Waals surface area contributed by atoms with Crippen LogP contribution in [0.1, 0.15) is 38.1 Å². The van der Waals surface area contributed by atoms with Gasteiger partial charge in [0, 0.05) is 36.8 Å². The number of nitrogens with zero attached hydrogens (tertiary/aromatic N) is 2. The molecule has 0 bridgehead atoms. The van der Waals surface area contributed by atoms with E-state index in [9.17, 15) is 19.5 Å². The molecule has 0 saturated carbocycles. The highest BCUT2D eigenvalue weighted by atomic mass is 31.2. The SMILES string of the molecule is COP(=O)(O[C@@H](C)C(C)(C)CNC(=O)c1ccc([N+](=O)[O-])cc1)C(C)N(C)C. The summed E-state index contributed by atoms with van der Waals surface area (Å²) in [6, 6.07) is 5.36. The van der Waals surface area contributed by atoms with Gasteiger partial charge >= 0.3 is 7.60 Å². The molecule has 1 aromatic rings. The fourth-order valence-corrected chi connectivity index (χ4v) is 4.08. The molecule has 0 aromatic heterocycles. The third-order valence-corrected chi connectivity index (χ3v) is 7.41. The third kappa shape index (κ3) is 6.10. The maximum atomic E-state index is 13.0. The molecule has 0 heterocycles. The monoisotopic (exact) mass is 415 g/mol. The van der Waals surface area contributed by atoms with E-state index in [1.807, 2.05) is 13.8 Å². The van der Waals surface area contributed by atoms with Crippen molar-refractivity contribution in [2.75, 3.05) is 27.7 Å². The minimum Gasteiger partial charge on any atom is -0.351 e. The Morgan fingerprint density at radius 2 is 1.82 bits per heavy atom. The van der Waals surface area contributed by atoms with Gasteiger partial charge in [-0.25, -0.2) is 0 Å². The molecule has 10 heteroatoms. The average Bonchev–Trinajstić information content (AvgIpc) is 2.65. The second-order valence-electron chi connectivity index (χ2n) is 7.54. The topological polar surface area (TPSA) is 111 Å². The van der Waals surface area contributed by atoms with Crippen molar-refractivity contribution in [2.24, 2.45) is 5.41 Å². The summed E-state index contributed by atoms with van der Waals surface area (Å²) in [7, 11) is 1.57. The van der Waals surface area contributed by atoms with Crippen molar-refractivity contribution < 1.29 is 23.3 Å². The smallest absolute Gasteiger partial charge is 0.347 e. The fraction of sp³-hybridized carbons (Fsp3) is 0.611. The normalized spacial score (nSPS) is 16.3. The Kier molecular flexibility index (Phi) is 8.31. The lowest BCUT2D eigenvalue weighted by molar-refractivity contribution is -0.384. The van der Waals surface area contributed by atoms with Gasteiger partial charge in [-0.1, -0.05) is 13.8 Å². The lowest BCUT2D eigenvalue weighted by atomic mass is 9.87. The van der Waals surface area contributed by atoms with Crippen molar-refractivity contribution in [1.82, 2.24) is 10.2 Å². The molecule has 1 aromatic carbocycles. The summed E-state index contributed by atoms with van der Waals surface area (Å²) in [5.41, 5.74) is -0.306. The molecule has 1 N–H and O–H groups in total. The number of hydrogen-bond acceptors (Lipinski definition) is 7. The molecule has 0 aliphatic heterocycles. The number of hydrogen-bond donors (Lipinski definition) is 1. The Balaban J connectivity index is 2.77. The fourth-order valence-electron chi connectivity index (χ4n) is 2.22. The van der Waals surface area contributed by atoms with Gasteiger partial charge in [0.1, 0.15) is 5.78 Å². The molecule has 2 unspecified atom stereocenters. The minimum atomic E-state index is -3.37. The quantitative estimate of drug-likeness (QED) is 0.354. The van der Waals surface area contributed by atoms with E-state index in [0.717, 1.165) is 0 Å². The molecule has 0 saturated heterocycles. The van der Waals surface area contributed by atoms with Gasteiger partial charge in [0.05, 0.1) is 11.0 Å². The Labute approximate surface area is 166 Å². The summed E-state index contributed by atoms with van der Waals surface area (Å²) in [5, 5.41) is 13.5. The van der Waals surface area contributed by atoms with E-state index in [4.69, 9.17) is 9.05 Å². The summed E-state index contributed by atoms with van der Waals surface area (Å²) in [4.78, 5) is 24.3. The van der Waals surface area contributed by atoms with E-state index in [-0.39, 0.29) is 18.1 Å². The zero-order valence-corrected chi connectivity index (χ0v) is 18.4. The average molecular weight is 415 g/mol. The zero-order valence-electron chi connectivity index (χ0n) is 17.5. The number of amides is 1. The highest BCUT2D eigenvalue weighted by Gasteiger charge is 2.39. The van der Waals surface area contributed by atoms with Crippen LogP contribution in [-0.2, 0) is 13.6 Å². The Bertz CT molecular complexity index is 735. The van der Waals surface area contributed by atoms with Gasteiger partial charge in [0.15, 0.2) is 0 Å². The van der Waals surface area contributed by atoms with E-state index in [2.05, 4.69) is 5.32 Å². The number of nitro groups is 1. The van der Waals surface area contributed by atoms with Crippen molar-refractivity contribution in [3.63, 3.8) is 0 Å². The lowest BCUT2D eigenvalue weighted by Gasteiger charge is -2.36. The maximum absolute atomic E-state index is 13.0. The second-order valence-corrected chi connectivity index (χ2v) is 9.94. The van der Waals surface area contributed by atoms with Crippen LogP contribution in [0.4, 0.5) is 5.69 Å². The molecule has 0 spiro atoms. The van der Waals surface area contributed by atoms with Crippen molar-refractivity contribution >= 4 is 19.2 Å². The third-order valence-electron chi connectivity index (χ3n) is 4.91. The molecule has 0 fully saturated rings. The molecule has 158 valence electrons. The van der Waals surface area contributed by atoms with Crippen molar-refractivity contribution in [2.45, 2.75) is 39.6 Å². The van der Waals surface area contributed by atoms with E-state index in [0.29, 0.717) is 5.56 Å². The van der Waals surface area contributed by atoms with E-state index < -0.39 is 29.8 Å². The summed E-state index contributed by atoms with van der Waals surface area (Å²) >= 11 is 0. The van der Waals surface area contributed by atoms with Gasteiger partial charge in [0.2, 0.25) is 0 Å². The molecule has 0 aliphatic rings. The molecular weight excluding hydrogens is 385 g/mol. The van der Waals surface area contributed by atoms with Crippen molar-refractivity contribution in [3.05, 3.63) is 39.9 Å². The Morgan fingerprint density at radius 3 is 2.25 bits per heavy atom. The van der Waals surface area contributed by atoms with Crippen LogP contribution in [0.15, 0.2) is 24.3 Å². The second kappa shape index (κ2) is 9.60. The van der Waals surface area contributed by atoms with Crippen LogP contribution >= 0.6 is 7.60 Å². The number of nitrogens with one attached hydrogen (secondary N) is 1. The van der Waals surface area contributed by atoms with Crippen LogP contribution in [0.3, 0.4) is 0 Å². The predicted molar refractivity (Wildman–Crippen MR) is 108 cm³/mol. The highest BCUT2D eigenvalue weighted by Crippen LogP contribution is 2.55. The van der Waals surface area contributed by atoms with Gasteiger partial charge < -0.3 is 14.4 Å². The number of nitro benzene ring substituents is 1. The van der Waals surface area contributed by atoms with Gasteiger partial charge in [-0.15, -0.1) is 0 Å². The number of carbonyl (C=O) groups excluding carboxylic acids is 1. The molecular formula is C18H30N3O6P. The minimum absolute atomic E-state index is 0.0794. The molecule has 1 rings (SSSR count). The predicted octanol–water partition coefficient (Wildman–Crippen LogP) is 3.50. The Morgan fingerprint density at radius 1 is 1.29 bits per heavy atom. The summed E-state index contributed by atoms with van der Waals surface area (Å²) < 4.78 is 24.0. The van der Waals surface area contributed by atoms with Gasteiger partial charge in [-0.2, -0.15) is 0 Å². The first-order chi connectivity index (χ1) is 12.8. The highest BCUT2D eigenvalue weighted by molar-refractivity contribution is 7.54. The number of rotatable bonds is 10. The molecule has 0 aliphatic carbocycles. The van der Waals surface area contributed by atoms with Crippen LogP contribution in [0, 0.1) is 15.5 Å². The Hall–Kier alpha value is -1.80. The first kappa shape index (κ1) is 24.2. The van der Waals surface area contributed by atoms with E-state index >= 15 is 0 Å². The largest absolute Gasteiger partial charge is 0.351 e. The first-order valence-corrected chi connectivity index (χ1v) is 10.5. The standard InChI is InChI=1S/C18H30N3O6P/c1-13(27-28(25,26-7)14(2)20(5)6)18(3,4)12-19-17(22)15-8-10-16(11-9-15)21(23)24/h8-11,13-14H,12H2,1-7H3,(H,19,22)/t13-,14?,28?/m0/s1. The molecule has 3 atom stereocenters. The van der Waals surface area contributed by atoms with E-state index in [1.165, 1.54) is 31.4 Å². The number of non-ortho nitro benzene ring substituents is 1. The van der Waals surface area contributed by atoms with Crippen molar-refractivity contribution in [1.29, 1.82) is 0 Å². The summed E-state index contributed by atoms with van der Waals surface area (Å²) in [6.45, 7) is 7.57. The van der Waals surface area contributed by atoms with Crippen LogP contribution in [-0.4, -0.2) is 55.4 Å². The molecule has 28 heavy (non-hydrogen) atoms. The maximum Gasteiger partial charge on any atom is 0.347 e. The van der Waals surface area contributed by atoms with Crippen LogP contribution in [0.5, 0.6) is 0 Å². The first-order valence-electron chi connectivity index (χ1n) is 8.87. The van der Waals surface area contributed by atoms with Crippen LogP contribution in [0.25, 0.3) is 0 Å². The van der Waals surface area contributed by atoms with Crippen LogP contribution in [0.2, 0.25) is 0 Å². The van der Waals surface area contributed by atoms with E-state index in [1.54, 1.807) is 32.8 Å². The van der Waals surface area contributed by atoms with Gasteiger partial charge in [0.25, 0.3) is 11.6 Å². The number of benzene rings is 1.